The molecule has 0 aliphatic carbocycles. The molecule has 3 nitrogen and oxygen atoms in total. The lowest BCUT2D eigenvalue weighted by molar-refractivity contribution is 0.291. The highest BCUT2D eigenvalue weighted by molar-refractivity contribution is 7.81. The Balaban J connectivity index is 3.11. The van der Waals surface area contributed by atoms with Crippen LogP contribution in [0.15, 0.2) is 18.2 Å². The molecule has 24 heavy (non-hydrogen) atoms. The zero-order valence-corrected chi connectivity index (χ0v) is 16.1. The zero-order chi connectivity index (χ0) is 17.9. The first-order valence-corrected chi connectivity index (χ1v) is 9.33. The molecule has 0 fully saturated rings. The van der Waals surface area contributed by atoms with Gasteiger partial charge in [0.15, 0.2) is 0 Å². The Morgan fingerprint density at radius 3 is 1.04 bits per heavy atom. The molecule has 0 saturated carbocycles. The van der Waals surface area contributed by atoms with Gasteiger partial charge >= 0.3 is 0 Å². The standard InChI is InChI=1S/C18H24O3S3/c19-7-1-4-16(22)13-10-14(17(23)5-2-8-20)12-15(11-13)18(24)6-3-9-21/h10-12,19-21H,1-9H2. The lowest BCUT2D eigenvalue weighted by Crippen LogP contribution is -2.08. The van der Waals surface area contributed by atoms with Crippen molar-refractivity contribution in [3.05, 3.63) is 34.9 Å². The first-order chi connectivity index (χ1) is 11.5. The summed E-state index contributed by atoms with van der Waals surface area (Å²) in [4.78, 5) is 2.34. The molecule has 0 aliphatic rings. The van der Waals surface area contributed by atoms with Crippen LogP contribution in [0.3, 0.4) is 0 Å². The average molecular weight is 385 g/mol. The molecule has 1 aromatic carbocycles. The smallest absolute Gasteiger partial charge is 0.0434 e. The summed E-state index contributed by atoms with van der Waals surface area (Å²) in [6, 6.07) is 5.91. The van der Waals surface area contributed by atoms with Crippen LogP contribution in [-0.2, 0) is 0 Å². The average Bonchev–Trinajstić information content (AvgIpc) is 2.61. The third kappa shape index (κ3) is 7.09. The Morgan fingerprint density at radius 2 is 0.833 bits per heavy atom. The predicted molar refractivity (Wildman–Crippen MR) is 111 cm³/mol. The molecule has 1 aromatic rings. The maximum absolute atomic E-state index is 8.99. The Kier molecular flexibility index (Phi) is 10.6. The third-order valence-corrected chi connectivity index (χ3v) is 4.90. The highest BCUT2D eigenvalue weighted by atomic mass is 32.1. The normalized spacial score (nSPS) is 10.6. The van der Waals surface area contributed by atoms with Crippen LogP contribution in [0, 0.1) is 0 Å². The first-order valence-electron chi connectivity index (χ1n) is 8.10. The molecule has 0 bridgehead atoms. The van der Waals surface area contributed by atoms with Gasteiger partial charge in [-0.05, 0) is 73.4 Å². The highest BCUT2D eigenvalue weighted by Crippen LogP contribution is 2.19. The second kappa shape index (κ2) is 11.8. The van der Waals surface area contributed by atoms with E-state index in [0.29, 0.717) is 38.5 Å². The SMILES string of the molecule is OCCCC(=S)c1cc(C(=S)CCCO)cc(C(=S)CCCO)c1. The summed E-state index contributed by atoms with van der Waals surface area (Å²) in [5.74, 6) is 0. The summed E-state index contributed by atoms with van der Waals surface area (Å²) in [6.45, 7) is 0.323. The van der Waals surface area contributed by atoms with Gasteiger partial charge in [0.2, 0.25) is 0 Å². The quantitative estimate of drug-likeness (QED) is 0.380. The Hall–Kier alpha value is -0.630. The minimum absolute atomic E-state index is 0.108. The highest BCUT2D eigenvalue weighted by Gasteiger charge is 2.11. The third-order valence-electron chi connectivity index (χ3n) is 3.58. The van der Waals surface area contributed by atoms with Crippen LogP contribution < -0.4 is 0 Å². The van der Waals surface area contributed by atoms with E-state index in [9.17, 15) is 0 Å². The van der Waals surface area contributed by atoms with Gasteiger partial charge in [-0.25, -0.2) is 0 Å². The molecule has 0 saturated heterocycles. The van der Waals surface area contributed by atoms with Crippen molar-refractivity contribution in [2.45, 2.75) is 38.5 Å². The number of hydrogen-bond donors (Lipinski definition) is 3. The maximum atomic E-state index is 8.99. The Bertz CT molecular complexity index is 492. The van der Waals surface area contributed by atoms with Gasteiger partial charge in [0.05, 0.1) is 0 Å². The molecule has 0 amide bonds. The van der Waals surface area contributed by atoms with Gasteiger partial charge in [0, 0.05) is 34.4 Å². The van der Waals surface area contributed by atoms with Crippen molar-refractivity contribution in [1.29, 1.82) is 0 Å². The van der Waals surface area contributed by atoms with E-state index in [0.717, 1.165) is 31.3 Å². The Morgan fingerprint density at radius 1 is 0.583 bits per heavy atom. The molecule has 0 aliphatic heterocycles. The zero-order valence-electron chi connectivity index (χ0n) is 13.7. The van der Waals surface area contributed by atoms with Gasteiger partial charge in [0.1, 0.15) is 0 Å². The number of thiocarbonyl (C=S) groups is 3. The van der Waals surface area contributed by atoms with Gasteiger partial charge in [0.25, 0.3) is 0 Å². The van der Waals surface area contributed by atoms with E-state index in [1.54, 1.807) is 0 Å². The lowest BCUT2D eigenvalue weighted by atomic mass is 9.96. The van der Waals surface area contributed by atoms with Crippen molar-refractivity contribution in [1.82, 2.24) is 0 Å². The fourth-order valence-corrected chi connectivity index (χ4v) is 3.05. The second-order valence-corrected chi connectivity index (χ2v) is 7.03. The van der Waals surface area contributed by atoms with Gasteiger partial charge in [-0.15, -0.1) is 0 Å². The fourth-order valence-electron chi connectivity index (χ4n) is 2.26. The predicted octanol–water partition coefficient (Wildman–Crippen LogP) is 3.16. The molecular formula is C18H24O3S3. The molecule has 0 atom stereocenters. The number of aliphatic hydroxyl groups excluding tert-OH is 3. The largest absolute Gasteiger partial charge is 0.396 e. The lowest BCUT2D eigenvalue weighted by Gasteiger charge is -2.12. The van der Waals surface area contributed by atoms with Crippen LogP contribution in [0.4, 0.5) is 0 Å². The van der Waals surface area contributed by atoms with Gasteiger partial charge in [-0.1, -0.05) is 36.7 Å². The summed E-state index contributed by atoms with van der Waals surface area (Å²) in [5, 5.41) is 27.0. The van der Waals surface area contributed by atoms with E-state index >= 15 is 0 Å². The van der Waals surface area contributed by atoms with Crippen molar-refractivity contribution in [2.75, 3.05) is 19.8 Å². The van der Waals surface area contributed by atoms with E-state index in [2.05, 4.69) is 0 Å². The van der Waals surface area contributed by atoms with Gasteiger partial charge in [-0.3, -0.25) is 0 Å². The van der Waals surface area contributed by atoms with E-state index in [1.807, 2.05) is 18.2 Å². The molecule has 0 radical (unpaired) electrons. The molecular weight excluding hydrogens is 360 g/mol. The van der Waals surface area contributed by atoms with Crippen LogP contribution >= 0.6 is 36.7 Å². The van der Waals surface area contributed by atoms with Crippen molar-refractivity contribution in [3.8, 4) is 0 Å². The first kappa shape index (κ1) is 21.4. The minimum atomic E-state index is 0.108. The molecule has 6 heteroatoms. The summed E-state index contributed by atoms with van der Waals surface area (Å²) in [7, 11) is 0. The molecule has 0 heterocycles. The monoisotopic (exact) mass is 384 g/mol. The van der Waals surface area contributed by atoms with E-state index in [-0.39, 0.29) is 19.8 Å². The van der Waals surface area contributed by atoms with Crippen LogP contribution in [0.5, 0.6) is 0 Å². The van der Waals surface area contributed by atoms with Crippen molar-refractivity contribution in [2.24, 2.45) is 0 Å². The van der Waals surface area contributed by atoms with Crippen LogP contribution in [-0.4, -0.2) is 49.7 Å². The van der Waals surface area contributed by atoms with E-state index < -0.39 is 0 Å². The van der Waals surface area contributed by atoms with Crippen molar-refractivity contribution < 1.29 is 15.3 Å². The molecule has 3 N–H and O–H groups in total. The summed E-state index contributed by atoms with van der Waals surface area (Å²) >= 11 is 16.4. The molecule has 132 valence electrons. The minimum Gasteiger partial charge on any atom is -0.396 e. The Labute approximate surface area is 159 Å². The molecule has 0 spiro atoms. The van der Waals surface area contributed by atoms with E-state index in [4.69, 9.17) is 52.0 Å². The van der Waals surface area contributed by atoms with Crippen LogP contribution in [0.2, 0.25) is 0 Å². The topological polar surface area (TPSA) is 60.7 Å². The van der Waals surface area contributed by atoms with Gasteiger partial charge < -0.3 is 15.3 Å². The number of aliphatic hydroxyl groups is 3. The summed E-state index contributed by atoms with van der Waals surface area (Å²) in [5.41, 5.74) is 2.72. The van der Waals surface area contributed by atoms with E-state index in [1.165, 1.54) is 0 Å². The number of rotatable bonds is 12. The molecule has 0 aromatic heterocycles. The van der Waals surface area contributed by atoms with Gasteiger partial charge in [-0.2, -0.15) is 0 Å². The van der Waals surface area contributed by atoms with Crippen LogP contribution in [0.1, 0.15) is 55.2 Å². The second-order valence-electron chi connectivity index (χ2n) is 5.55. The molecule has 1 rings (SSSR count). The molecule has 0 unspecified atom stereocenters. The summed E-state index contributed by atoms with van der Waals surface area (Å²) in [6.07, 6.45) is 3.80. The maximum Gasteiger partial charge on any atom is 0.0434 e. The fraction of sp³-hybridized carbons (Fsp3) is 0.500. The number of hydrogen-bond acceptors (Lipinski definition) is 6. The van der Waals surface area contributed by atoms with Crippen molar-refractivity contribution in [3.63, 3.8) is 0 Å². The summed E-state index contributed by atoms with van der Waals surface area (Å²) < 4.78 is 0. The van der Waals surface area contributed by atoms with Crippen LogP contribution in [0.25, 0.3) is 0 Å². The number of benzene rings is 1. The van der Waals surface area contributed by atoms with Crippen molar-refractivity contribution >= 4 is 51.2 Å².